The molecule has 1 aliphatic rings. The molecule has 0 bridgehead atoms. The zero-order valence-electron chi connectivity index (χ0n) is 9.81. The number of alkyl halides is 3. The summed E-state index contributed by atoms with van der Waals surface area (Å²) in [6.07, 6.45) is -4.81. The highest BCUT2D eigenvalue weighted by Crippen LogP contribution is 2.38. The Morgan fingerprint density at radius 1 is 1.44 bits per heavy atom. The molecule has 0 aliphatic heterocycles. The van der Waals surface area contributed by atoms with Crippen LogP contribution in [0, 0.1) is 6.92 Å². The van der Waals surface area contributed by atoms with Crippen LogP contribution in [0.4, 0.5) is 13.2 Å². The van der Waals surface area contributed by atoms with Crippen LogP contribution in [0.25, 0.3) is 0 Å². The molecule has 1 atom stereocenters. The summed E-state index contributed by atoms with van der Waals surface area (Å²) < 4.78 is 38.1. The lowest BCUT2D eigenvalue weighted by molar-refractivity contribution is -0.150. The van der Waals surface area contributed by atoms with Gasteiger partial charge >= 0.3 is 6.18 Å². The first-order valence-corrected chi connectivity index (χ1v) is 6.64. The minimum Gasteiger partial charge on any atom is -0.392 e. The zero-order chi connectivity index (χ0) is 13.3. The minimum absolute atomic E-state index is 0.0234. The molecular weight excluding hydrogens is 267 g/mol. The van der Waals surface area contributed by atoms with Crippen molar-refractivity contribution in [2.75, 3.05) is 5.75 Å². The highest BCUT2D eigenvalue weighted by atomic mass is 32.2. The van der Waals surface area contributed by atoms with Gasteiger partial charge in [-0.1, -0.05) is 11.8 Å². The molecular formula is C10H14F3N3OS. The average molecular weight is 281 g/mol. The third kappa shape index (κ3) is 3.61. The second-order valence-electron chi connectivity index (χ2n) is 4.42. The molecule has 2 rings (SSSR count). The Labute approximate surface area is 107 Å². The Kier molecular flexibility index (Phi) is 3.86. The third-order valence-corrected chi connectivity index (χ3v) is 3.71. The first-order valence-electron chi connectivity index (χ1n) is 5.66. The lowest BCUT2D eigenvalue weighted by Crippen LogP contribution is -2.21. The average Bonchev–Trinajstić information content (AvgIpc) is 2.98. The molecule has 1 aromatic rings. The van der Waals surface area contributed by atoms with Crippen LogP contribution < -0.4 is 0 Å². The van der Waals surface area contributed by atoms with Gasteiger partial charge in [0.1, 0.15) is 5.82 Å². The summed E-state index contributed by atoms with van der Waals surface area (Å²) in [5, 5.41) is 17.7. The van der Waals surface area contributed by atoms with Gasteiger partial charge in [-0.2, -0.15) is 13.2 Å². The first kappa shape index (κ1) is 13.7. The van der Waals surface area contributed by atoms with Crippen molar-refractivity contribution in [3.8, 4) is 0 Å². The smallest absolute Gasteiger partial charge is 0.391 e. The fourth-order valence-corrected chi connectivity index (χ4v) is 2.68. The maximum atomic E-state index is 12.1. The second-order valence-corrected chi connectivity index (χ2v) is 5.40. The Hall–Kier alpha value is -0.760. The van der Waals surface area contributed by atoms with Gasteiger partial charge in [-0.3, -0.25) is 0 Å². The number of nitrogens with zero attached hydrogens (tertiary/aromatic N) is 3. The lowest BCUT2D eigenvalue weighted by atomic mass is 10.3. The van der Waals surface area contributed by atoms with Gasteiger partial charge in [0.25, 0.3) is 0 Å². The van der Waals surface area contributed by atoms with Crippen LogP contribution in [0.3, 0.4) is 0 Å². The molecule has 1 saturated carbocycles. The van der Waals surface area contributed by atoms with E-state index in [9.17, 15) is 18.3 Å². The van der Waals surface area contributed by atoms with E-state index in [1.165, 1.54) is 0 Å². The van der Waals surface area contributed by atoms with Crippen molar-refractivity contribution in [3.63, 3.8) is 0 Å². The number of aliphatic hydroxyl groups excluding tert-OH is 1. The van der Waals surface area contributed by atoms with E-state index in [0.29, 0.717) is 11.2 Å². The van der Waals surface area contributed by atoms with E-state index in [0.717, 1.165) is 30.4 Å². The van der Waals surface area contributed by atoms with Crippen LogP contribution >= 0.6 is 11.8 Å². The van der Waals surface area contributed by atoms with Gasteiger partial charge < -0.3 is 9.67 Å². The van der Waals surface area contributed by atoms with Gasteiger partial charge in [0, 0.05) is 11.8 Å². The van der Waals surface area contributed by atoms with E-state index in [1.54, 1.807) is 0 Å². The number of rotatable bonds is 5. The van der Waals surface area contributed by atoms with E-state index in [1.807, 2.05) is 11.5 Å². The van der Waals surface area contributed by atoms with Crippen molar-refractivity contribution in [3.05, 3.63) is 5.82 Å². The van der Waals surface area contributed by atoms with E-state index < -0.39 is 18.7 Å². The monoisotopic (exact) mass is 281 g/mol. The Morgan fingerprint density at radius 3 is 2.67 bits per heavy atom. The largest absolute Gasteiger partial charge is 0.392 e. The summed E-state index contributed by atoms with van der Waals surface area (Å²) in [7, 11) is 0. The van der Waals surface area contributed by atoms with Crippen molar-refractivity contribution < 1.29 is 18.3 Å². The van der Waals surface area contributed by atoms with Crippen LogP contribution in [0.1, 0.15) is 31.1 Å². The molecule has 1 aliphatic carbocycles. The maximum absolute atomic E-state index is 12.1. The summed E-state index contributed by atoms with van der Waals surface area (Å²) in [5.41, 5.74) is 0. The van der Waals surface area contributed by atoms with Crippen LogP contribution in [-0.2, 0) is 0 Å². The molecule has 4 nitrogen and oxygen atoms in total. The van der Waals surface area contributed by atoms with Crippen molar-refractivity contribution in [2.45, 2.75) is 49.7 Å². The fourth-order valence-electron chi connectivity index (χ4n) is 1.70. The number of thioether (sulfide) groups is 1. The third-order valence-electron chi connectivity index (χ3n) is 2.62. The van der Waals surface area contributed by atoms with Crippen LogP contribution in [0.5, 0.6) is 0 Å². The molecule has 1 heterocycles. The molecule has 0 spiro atoms. The molecule has 1 N–H and O–H groups in total. The summed E-state index contributed by atoms with van der Waals surface area (Å²) in [5.74, 6) is 0.745. The molecule has 8 heteroatoms. The highest BCUT2D eigenvalue weighted by molar-refractivity contribution is 7.99. The molecule has 0 unspecified atom stereocenters. The lowest BCUT2D eigenvalue weighted by Gasteiger charge is -2.12. The van der Waals surface area contributed by atoms with E-state index >= 15 is 0 Å². The first-order chi connectivity index (χ1) is 8.37. The Bertz CT molecular complexity index is 417. The number of halogens is 3. The molecule has 0 radical (unpaired) electrons. The maximum Gasteiger partial charge on any atom is 0.391 e. The quantitative estimate of drug-likeness (QED) is 0.842. The fraction of sp³-hybridized carbons (Fsp3) is 0.800. The number of aliphatic hydroxyl groups is 1. The van der Waals surface area contributed by atoms with Crippen LogP contribution in [0.15, 0.2) is 5.16 Å². The van der Waals surface area contributed by atoms with E-state index in [2.05, 4.69) is 10.2 Å². The number of hydrogen-bond donors (Lipinski definition) is 1. The topological polar surface area (TPSA) is 50.9 Å². The van der Waals surface area contributed by atoms with Gasteiger partial charge in [-0.25, -0.2) is 0 Å². The minimum atomic E-state index is -4.33. The SMILES string of the molecule is Cc1nnc(SC[C@H](O)CC(F)(F)F)n1C1CC1. The molecule has 1 aromatic heterocycles. The Balaban J connectivity index is 1.90. The predicted octanol–water partition coefficient (Wildman–Crippen LogP) is 2.33. The van der Waals surface area contributed by atoms with Crippen LogP contribution in [0.2, 0.25) is 0 Å². The van der Waals surface area contributed by atoms with Gasteiger partial charge in [0.15, 0.2) is 5.16 Å². The van der Waals surface area contributed by atoms with Crippen molar-refractivity contribution in [1.29, 1.82) is 0 Å². The van der Waals surface area contributed by atoms with Gasteiger partial charge in [-0.15, -0.1) is 10.2 Å². The van der Waals surface area contributed by atoms with Crippen molar-refractivity contribution >= 4 is 11.8 Å². The Morgan fingerprint density at radius 2 is 2.11 bits per heavy atom. The molecule has 1 fully saturated rings. The number of aryl methyl sites for hydroxylation is 1. The molecule has 0 aromatic carbocycles. The summed E-state index contributed by atoms with van der Waals surface area (Å²) in [6, 6.07) is 0.377. The summed E-state index contributed by atoms with van der Waals surface area (Å²) in [4.78, 5) is 0. The van der Waals surface area contributed by atoms with Crippen LogP contribution in [-0.4, -0.2) is 37.9 Å². The van der Waals surface area contributed by atoms with Gasteiger partial charge in [0.2, 0.25) is 0 Å². The van der Waals surface area contributed by atoms with Crippen molar-refractivity contribution in [2.24, 2.45) is 0 Å². The summed E-state index contributed by atoms with van der Waals surface area (Å²) in [6.45, 7) is 1.82. The van der Waals surface area contributed by atoms with Crippen molar-refractivity contribution in [1.82, 2.24) is 14.8 Å². The second kappa shape index (κ2) is 5.08. The molecule has 0 saturated heterocycles. The standard InChI is InChI=1S/C10H14F3N3OS/c1-6-14-15-9(16(6)7-2-3-7)18-5-8(17)4-10(11,12)13/h7-8,17H,2-5H2,1H3/t8-/m1/s1. The number of aromatic nitrogens is 3. The van der Waals surface area contributed by atoms with E-state index in [4.69, 9.17) is 0 Å². The molecule has 0 amide bonds. The molecule has 18 heavy (non-hydrogen) atoms. The highest BCUT2D eigenvalue weighted by Gasteiger charge is 2.32. The predicted molar refractivity (Wildman–Crippen MR) is 60.4 cm³/mol. The summed E-state index contributed by atoms with van der Waals surface area (Å²) >= 11 is 1.12. The number of hydrogen-bond acceptors (Lipinski definition) is 4. The zero-order valence-corrected chi connectivity index (χ0v) is 10.6. The normalized spacial score (nSPS) is 18.1. The van der Waals surface area contributed by atoms with Gasteiger partial charge in [0.05, 0.1) is 12.5 Å². The molecule has 102 valence electrons. The van der Waals surface area contributed by atoms with E-state index in [-0.39, 0.29) is 5.75 Å². The van der Waals surface area contributed by atoms with Gasteiger partial charge in [-0.05, 0) is 19.8 Å².